The molecule has 0 aliphatic heterocycles. The largest absolute Gasteiger partial charge is 0.263 e. The fourth-order valence-electron chi connectivity index (χ4n) is 2.06. The molecule has 0 spiro atoms. The maximum absolute atomic E-state index is 12.5. The van der Waals surface area contributed by atoms with Crippen LogP contribution in [0.15, 0.2) is 65.7 Å². The number of hydrogen-bond donors (Lipinski definition) is 1. The summed E-state index contributed by atoms with van der Waals surface area (Å²) in [4.78, 5) is 4.32. The van der Waals surface area contributed by atoms with Gasteiger partial charge in [0, 0.05) is 15.2 Å². The summed E-state index contributed by atoms with van der Waals surface area (Å²) in [7, 11) is -3.67. The second-order valence-electron chi connectivity index (χ2n) is 4.44. The highest BCUT2D eigenvalue weighted by atomic mass is 127. The molecule has 3 rings (SSSR count). The number of nitrogens with one attached hydrogen (secondary N) is 1. The Hall–Kier alpha value is -1.67. The lowest BCUT2D eigenvalue weighted by Crippen LogP contribution is -2.14. The maximum atomic E-state index is 12.5. The van der Waals surface area contributed by atoms with Crippen LogP contribution in [0.2, 0.25) is 0 Å². The molecular weight excluding hydrogens is 399 g/mol. The van der Waals surface area contributed by atoms with Gasteiger partial charge in [-0.2, -0.15) is 0 Å². The molecule has 0 unspecified atom stereocenters. The van der Waals surface area contributed by atoms with Gasteiger partial charge in [0.25, 0.3) is 10.0 Å². The van der Waals surface area contributed by atoms with Gasteiger partial charge >= 0.3 is 0 Å². The molecule has 4 nitrogen and oxygen atoms in total. The minimum Gasteiger partial charge on any atom is -0.263 e. The van der Waals surface area contributed by atoms with Gasteiger partial charge in [-0.1, -0.05) is 36.4 Å². The number of benzene rings is 2. The molecule has 0 aliphatic rings. The van der Waals surface area contributed by atoms with E-state index in [4.69, 9.17) is 0 Å². The lowest BCUT2D eigenvalue weighted by atomic mass is 10.1. The van der Waals surface area contributed by atoms with E-state index in [1.165, 1.54) is 0 Å². The average molecular weight is 410 g/mol. The number of halogens is 1. The van der Waals surface area contributed by atoms with E-state index in [1.54, 1.807) is 36.5 Å². The first kappa shape index (κ1) is 14.3. The Morgan fingerprint density at radius 2 is 1.71 bits per heavy atom. The predicted molar refractivity (Wildman–Crippen MR) is 91.7 cm³/mol. The van der Waals surface area contributed by atoms with Crippen LogP contribution in [0, 0.1) is 3.57 Å². The number of fused-ring (bicyclic) bond motifs is 1. The molecule has 106 valence electrons. The molecule has 1 aromatic heterocycles. The van der Waals surface area contributed by atoms with Gasteiger partial charge in [-0.15, -0.1) is 0 Å². The standard InChI is InChI=1S/C15H11IN2O2S/c16-12-8-9-15(17-10-12)18-21(19,20)14-7-3-5-11-4-1-2-6-13(11)14/h1-10H,(H,17,18). The van der Waals surface area contributed by atoms with Crippen LogP contribution in [0.25, 0.3) is 10.8 Å². The van der Waals surface area contributed by atoms with Gasteiger partial charge in [0.1, 0.15) is 5.82 Å². The van der Waals surface area contributed by atoms with Gasteiger partial charge < -0.3 is 0 Å². The lowest BCUT2D eigenvalue weighted by Gasteiger charge is -2.10. The summed E-state index contributed by atoms with van der Waals surface area (Å²) in [5.41, 5.74) is 0. The SMILES string of the molecule is O=S(=O)(Nc1ccc(I)cn1)c1cccc2ccccc12. The number of pyridine rings is 1. The fraction of sp³-hybridized carbons (Fsp3) is 0. The van der Waals surface area contributed by atoms with E-state index < -0.39 is 10.0 Å². The van der Waals surface area contributed by atoms with Crippen molar-refractivity contribution in [2.24, 2.45) is 0 Å². The molecule has 0 saturated heterocycles. The van der Waals surface area contributed by atoms with E-state index in [0.717, 1.165) is 8.96 Å². The molecule has 0 amide bonds. The van der Waals surface area contributed by atoms with Crippen LogP contribution in [-0.4, -0.2) is 13.4 Å². The van der Waals surface area contributed by atoms with Gasteiger partial charge in [0.15, 0.2) is 0 Å². The molecule has 0 aliphatic carbocycles. The fourth-order valence-corrected chi connectivity index (χ4v) is 3.62. The van der Waals surface area contributed by atoms with Crippen LogP contribution in [0.3, 0.4) is 0 Å². The van der Waals surface area contributed by atoms with Gasteiger partial charge in [-0.3, -0.25) is 4.72 Å². The number of aromatic nitrogens is 1. The third-order valence-corrected chi connectivity index (χ3v) is 5.06. The highest BCUT2D eigenvalue weighted by molar-refractivity contribution is 14.1. The van der Waals surface area contributed by atoms with Crippen LogP contribution in [-0.2, 0) is 10.0 Å². The minimum atomic E-state index is -3.67. The maximum Gasteiger partial charge on any atom is 0.263 e. The second-order valence-corrected chi connectivity index (χ2v) is 7.34. The number of anilines is 1. The Balaban J connectivity index is 2.06. The van der Waals surface area contributed by atoms with Crippen molar-refractivity contribution in [2.75, 3.05) is 4.72 Å². The van der Waals surface area contributed by atoms with Crippen molar-refractivity contribution in [2.45, 2.75) is 4.90 Å². The smallest absolute Gasteiger partial charge is 0.263 e. The summed E-state index contributed by atoms with van der Waals surface area (Å²) in [6.07, 6.45) is 1.61. The van der Waals surface area contributed by atoms with Crippen LogP contribution in [0.4, 0.5) is 5.82 Å². The summed E-state index contributed by atoms with van der Waals surface area (Å²) in [5, 5.41) is 1.58. The minimum absolute atomic E-state index is 0.251. The van der Waals surface area contributed by atoms with Gasteiger partial charge in [-0.25, -0.2) is 13.4 Å². The second kappa shape index (κ2) is 5.61. The third-order valence-electron chi connectivity index (χ3n) is 3.01. The monoisotopic (exact) mass is 410 g/mol. The highest BCUT2D eigenvalue weighted by Crippen LogP contribution is 2.24. The van der Waals surface area contributed by atoms with Gasteiger partial charge in [0.05, 0.1) is 4.90 Å². The molecule has 3 aromatic rings. The number of rotatable bonds is 3. The molecular formula is C15H11IN2O2S. The first-order valence-electron chi connectivity index (χ1n) is 6.18. The van der Waals surface area contributed by atoms with E-state index in [0.29, 0.717) is 11.2 Å². The third kappa shape index (κ3) is 3.01. The van der Waals surface area contributed by atoms with Crippen molar-refractivity contribution in [3.05, 3.63) is 64.4 Å². The summed E-state index contributed by atoms with van der Waals surface area (Å²) in [6.45, 7) is 0. The Morgan fingerprint density at radius 1 is 0.952 bits per heavy atom. The Kier molecular flexibility index (Phi) is 3.81. The zero-order valence-electron chi connectivity index (χ0n) is 10.8. The molecule has 0 fully saturated rings. The van der Waals surface area contributed by atoms with Gasteiger partial charge in [0.2, 0.25) is 0 Å². The van der Waals surface area contributed by atoms with E-state index in [1.807, 2.05) is 24.3 Å². The van der Waals surface area contributed by atoms with Crippen LogP contribution >= 0.6 is 22.6 Å². The molecule has 0 radical (unpaired) electrons. The molecule has 6 heteroatoms. The molecule has 21 heavy (non-hydrogen) atoms. The van der Waals surface area contributed by atoms with Gasteiger partial charge in [-0.05, 0) is 46.2 Å². The van der Waals surface area contributed by atoms with Crippen molar-refractivity contribution in [3.63, 3.8) is 0 Å². The average Bonchev–Trinajstić information content (AvgIpc) is 2.49. The molecule has 1 N–H and O–H groups in total. The Bertz CT molecular complexity index is 888. The van der Waals surface area contributed by atoms with Crippen LogP contribution in [0.5, 0.6) is 0 Å². The van der Waals surface area contributed by atoms with Crippen LogP contribution < -0.4 is 4.72 Å². The van der Waals surface area contributed by atoms with Crippen LogP contribution in [0.1, 0.15) is 0 Å². The van der Waals surface area contributed by atoms with E-state index >= 15 is 0 Å². The topological polar surface area (TPSA) is 59.1 Å². The summed E-state index contributed by atoms with van der Waals surface area (Å²) in [6, 6.07) is 16.0. The molecule has 1 heterocycles. The van der Waals surface area contributed by atoms with Crippen molar-refractivity contribution in [1.82, 2.24) is 4.98 Å². The number of hydrogen-bond acceptors (Lipinski definition) is 3. The first-order valence-corrected chi connectivity index (χ1v) is 8.75. The number of nitrogens with zero attached hydrogens (tertiary/aromatic N) is 1. The molecule has 0 saturated carbocycles. The lowest BCUT2D eigenvalue weighted by molar-refractivity contribution is 0.602. The summed E-state index contributed by atoms with van der Waals surface area (Å²) in [5.74, 6) is 0.309. The van der Waals surface area contributed by atoms with E-state index in [-0.39, 0.29) is 4.90 Å². The zero-order chi connectivity index (χ0) is 14.9. The van der Waals surface area contributed by atoms with Crippen molar-refractivity contribution < 1.29 is 8.42 Å². The molecule has 2 aromatic carbocycles. The van der Waals surface area contributed by atoms with E-state index in [2.05, 4.69) is 32.3 Å². The van der Waals surface area contributed by atoms with Crippen molar-refractivity contribution in [1.29, 1.82) is 0 Å². The summed E-state index contributed by atoms with van der Waals surface area (Å²) < 4.78 is 28.6. The molecule has 0 bridgehead atoms. The Morgan fingerprint density at radius 3 is 2.48 bits per heavy atom. The Labute approximate surface area is 136 Å². The normalized spacial score (nSPS) is 11.5. The highest BCUT2D eigenvalue weighted by Gasteiger charge is 2.17. The number of sulfonamides is 1. The summed E-state index contributed by atoms with van der Waals surface area (Å²) >= 11 is 2.12. The molecule has 0 atom stereocenters. The van der Waals surface area contributed by atoms with Crippen molar-refractivity contribution in [3.8, 4) is 0 Å². The first-order chi connectivity index (χ1) is 10.1. The van der Waals surface area contributed by atoms with E-state index in [9.17, 15) is 8.42 Å². The predicted octanol–water partition coefficient (Wildman–Crippen LogP) is 3.64. The van der Waals surface area contributed by atoms with Crippen molar-refractivity contribution >= 4 is 49.2 Å². The quantitative estimate of drug-likeness (QED) is 0.671. The zero-order valence-corrected chi connectivity index (χ0v) is 13.8.